The van der Waals surface area contributed by atoms with Crippen LogP contribution in [-0.2, 0) is 4.79 Å². The minimum absolute atomic E-state index is 0.0550. The van der Waals surface area contributed by atoms with Crippen molar-refractivity contribution in [3.05, 3.63) is 0 Å². The quantitative estimate of drug-likeness (QED) is 0.621. The molecule has 0 aromatic rings. The van der Waals surface area contributed by atoms with E-state index in [1.807, 2.05) is 0 Å². The van der Waals surface area contributed by atoms with Gasteiger partial charge in [0.15, 0.2) is 0 Å². The van der Waals surface area contributed by atoms with Crippen LogP contribution in [-0.4, -0.2) is 29.7 Å². The molecule has 0 spiro atoms. The van der Waals surface area contributed by atoms with Crippen molar-refractivity contribution in [2.24, 2.45) is 11.1 Å². The second-order valence-electron chi connectivity index (χ2n) is 5.08. The Morgan fingerprint density at radius 2 is 1.87 bits per heavy atom. The zero-order valence-electron chi connectivity index (χ0n) is 9.09. The van der Waals surface area contributed by atoms with Crippen molar-refractivity contribution in [1.29, 1.82) is 0 Å². The first-order valence-electron chi connectivity index (χ1n) is 5.80. The van der Waals surface area contributed by atoms with Gasteiger partial charge >= 0.3 is 0 Å². The van der Waals surface area contributed by atoms with Crippen molar-refractivity contribution in [3.8, 4) is 0 Å². The Kier molecular flexibility index (Phi) is 2.73. The van der Waals surface area contributed by atoms with E-state index < -0.39 is 0 Å². The van der Waals surface area contributed by atoms with E-state index in [4.69, 9.17) is 10.8 Å². The Bertz CT molecular complexity index is 255. The highest BCUT2D eigenvalue weighted by atomic mass is 16.3. The maximum atomic E-state index is 12.1. The lowest BCUT2D eigenvalue weighted by atomic mass is 9.85. The molecule has 0 radical (unpaired) electrons. The predicted molar refractivity (Wildman–Crippen MR) is 57.1 cm³/mol. The average Bonchev–Trinajstić information content (AvgIpc) is 2.85. The van der Waals surface area contributed by atoms with Crippen molar-refractivity contribution in [3.63, 3.8) is 0 Å². The summed E-state index contributed by atoms with van der Waals surface area (Å²) in [5.41, 5.74) is 5.08. The van der Waals surface area contributed by atoms with Crippen molar-refractivity contribution >= 4 is 5.91 Å². The summed E-state index contributed by atoms with van der Waals surface area (Å²) >= 11 is 0. The van der Waals surface area contributed by atoms with Crippen LogP contribution in [0.25, 0.3) is 0 Å². The first-order chi connectivity index (χ1) is 7.16. The van der Waals surface area contributed by atoms with Crippen LogP contribution in [0, 0.1) is 5.41 Å². The standard InChI is InChI=1S/C11H20N2O2/c12-7-10(3-1-2-4-10)9(15)13-11(8-14)5-6-11/h14H,1-8,12H2,(H,13,15). The van der Waals surface area contributed by atoms with Gasteiger partial charge in [-0.05, 0) is 25.7 Å². The summed E-state index contributed by atoms with van der Waals surface area (Å²) in [7, 11) is 0. The summed E-state index contributed by atoms with van der Waals surface area (Å²) in [6.45, 7) is 0.486. The van der Waals surface area contributed by atoms with E-state index in [2.05, 4.69) is 5.32 Å². The van der Waals surface area contributed by atoms with E-state index in [-0.39, 0.29) is 23.5 Å². The number of rotatable bonds is 4. The fraction of sp³-hybridized carbons (Fsp3) is 0.909. The largest absolute Gasteiger partial charge is 0.394 e. The van der Waals surface area contributed by atoms with Gasteiger partial charge in [-0.1, -0.05) is 12.8 Å². The minimum atomic E-state index is -0.342. The van der Waals surface area contributed by atoms with Crippen molar-refractivity contribution < 1.29 is 9.90 Å². The average molecular weight is 212 g/mol. The molecule has 0 heterocycles. The third-order valence-electron chi connectivity index (χ3n) is 3.97. The third kappa shape index (κ3) is 1.88. The summed E-state index contributed by atoms with van der Waals surface area (Å²) in [5, 5.41) is 12.1. The van der Waals surface area contributed by atoms with Crippen LogP contribution in [0.3, 0.4) is 0 Å². The summed E-state index contributed by atoms with van der Waals surface area (Å²) in [4.78, 5) is 12.1. The minimum Gasteiger partial charge on any atom is -0.394 e. The first-order valence-corrected chi connectivity index (χ1v) is 5.80. The van der Waals surface area contributed by atoms with Gasteiger partial charge in [0.05, 0.1) is 17.6 Å². The van der Waals surface area contributed by atoms with Crippen molar-refractivity contribution in [1.82, 2.24) is 5.32 Å². The highest BCUT2D eigenvalue weighted by molar-refractivity contribution is 5.84. The van der Waals surface area contributed by atoms with Crippen LogP contribution in [0.1, 0.15) is 38.5 Å². The SMILES string of the molecule is NCC1(C(=O)NC2(CO)CC2)CCCC1. The summed E-state index contributed by atoms with van der Waals surface area (Å²) in [6, 6.07) is 0. The van der Waals surface area contributed by atoms with Gasteiger partial charge in [-0.15, -0.1) is 0 Å². The van der Waals surface area contributed by atoms with Crippen LogP contribution >= 0.6 is 0 Å². The van der Waals surface area contributed by atoms with Crippen LogP contribution < -0.4 is 11.1 Å². The molecular formula is C11H20N2O2. The molecule has 2 fully saturated rings. The number of nitrogens with two attached hydrogens (primary N) is 1. The molecule has 2 saturated carbocycles. The number of carbonyl (C=O) groups is 1. The van der Waals surface area contributed by atoms with E-state index >= 15 is 0 Å². The molecule has 1 amide bonds. The Morgan fingerprint density at radius 3 is 2.27 bits per heavy atom. The number of amides is 1. The summed E-state index contributed by atoms with van der Waals surface area (Å²) in [5.74, 6) is 0.0639. The molecule has 0 aromatic carbocycles. The van der Waals surface area contributed by atoms with Crippen LogP contribution in [0.5, 0.6) is 0 Å². The van der Waals surface area contributed by atoms with Gasteiger partial charge < -0.3 is 16.2 Å². The molecule has 0 atom stereocenters. The van der Waals surface area contributed by atoms with Crippen molar-refractivity contribution in [2.75, 3.05) is 13.2 Å². The summed E-state index contributed by atoms with van der Waals surface area (Å²) < 4.78 is 0. The predicted octanol–water partition coefficient (Wildman–Crippen LogP) is 0.147. The number of nitrogens with one attached hydrogen (secondary N) is 1. The molecule has 0 saturated heterocycles. The van der Waals surface area contributed by atoms with Gasteiger partial charge in [0.2, 0.25) is 5.91 Å². The highest BCUT2D eigenvalue weighted by Crippen LogP contribution is 2.40. The Balaban J connectivity index is 2.00. The second-order valence-corrected chi connectivity index (χ2v) is 5.08. The summed E-state index contributed by atoms with van der Waals surface area (Å²) in [6.07, 6.45) is 5.78. The van der Waals surface area contributed by atoms with E-state index in [9.17, 15) is 4.79 Å². The fourth-order valence-electron chi connectivity index (χ4n) is 2.42. The number of hydrogen-bond donors (Lipinski definition) is 3. The Labute approximate surface area is 90.2 Å². The molecule has 4 N–H and O–H groups in total. The molecule has 86 valence electrons. The molecule has 2 aliphatic rings. The lowest BCUT2D eigenvalue weighted by Gasteiger charge is -2.28. The van der Waals surface area contributed by atoms with Crippen molar-refractivity contribution in [2.45, 2.75) is 44.1 Å². The molecular weight excluding hydrogens is 192 g/mol. The fourth-order valence-corrected chi connectivity index (χ4v) is 2.42. The zero-order valence-corrected chi connectivity index (χ0v) is 9.09. The number of aliphatic hydroxyl groups excluding tert-OH is 1. The first kappa shape index (κ1) is 10.9. The normalized spacial score (nSPS) is 26.3. The molecule has 4 nitrogen and oxygen atoms in total. The molecule has 0 unspecified atom stereocenters. The lowest BCUT2D eigenvalue weighted by molar-refractivity contribution is -0.131. The lowest BCUT2D eigenvalue weighted by Crippen LogP contribution is -2.50. The smallest absolute Gasteiger partial charge is 0.228 e. The topological polar surface area (TPSA) is 75.4 Å². The van der Waals surface area contributed by atoms with Crippen LogP contribution in [0.2, 0.25) is 0 Å². The van der Waals surface area contributed by atoms with E-state index in [1.165, 1.54) is 0 Å². The van der Waals surface area contributed by atoms with Crippen LogP contribution in [0.15, 0.2) is 0 Å². The molecule has 0 bridgehead atoms. The van der Waals surface area contributed by atoms with Crippen LogP contribution in [0.4, 0.5) is 0 Å². The number of hydrogen-bond acceptors (Lipinski definition) is 3. The molecule has 0 aliphatic heterocycles. The van der Waals surface area contributed by atoms with Gasteiger partial charge in [-0.3, -0.25) is 4.79 Å². The molecule has 2 rings (SSSR count). The van der Waals surface area contributed by atoms with E-state index in [1.54, 1.807) is 0 Å². The number of aliphatic hydroxyl groups is 1. The zero-order chi connectivity index (χ0) is 10.9. The Morgan fingerprint density at radius 1 is 1.27 bits per heavy atom. The molecule has 0 aromatic heterocycles. The molecule has 2 aliphatic carbocycles. The molecule has 15 heavy (non-hydrogen) atoms. The van der Waals surface area contributed by atoms with Gasteiger partial charge in [0, 0.05) is 6.54 Å². The molecule has 4 heteroatoms. The highest BCUT2D eigenvalue weighted by Gasteiger charge is 2.48. The maximum Gasteiger partial charge on any atom is 0.228 e. The van der Waals surface area contributed by atoms with E-state index in [0.717, 1.165) is 38.5 Å². The van der Waals surface area contributed by atoms with Gasteiger partial charge in [-0.2, -0.15) is 0 Å². The third-order valence-corrected chi connectivity index (χ3v) is 3.97. The van der Waals surface area contributed by atoms with Gasteiger partial charge in [0.1, 0.15) is 0 Å². The van der Waals surface area contributed by atoms with Gasteiger partial charge in [0.25, 0.3) is 0 Å². The maximum absolute atomic E-state index is 12.1. The Hall–Kier alpha value is -0.610. The van der Waals surface area contributed by atoms with Gasteiger partial charge in [-0.25, -0.2) is 0 Å². The number of carbonyl (C=O) groups excluding carboxylic acids is 1. The second kappa shape index (κ2) is 3.76. The monoisotopic (exact) mass is 212 g/mol. The van der Waals surface area contributed by atoms with E-state index in [0.29, 0.717) is 6.54 Å².